The highest BCUT2D eigenvalue weighted by Crippen LogP contribution is 2.38. The minimum atomic E-state index is -0.477. The molecule has 2 aliphatic rings. The Kier molecular flexibility index (Phi) is 2.82. The van der Waals surface area contributed by atoms with Crippen molar-refractivity contribution in [3.05, 3.63) is 0 Å². The Balaban J connectivity index is 2.05. The van der Waals surface area contributed by atoms with E-state index in [0.717, 1.165) is 25.7 Å². The summed E-state index contributed by atoms with van der Waals surface area (Å²) in [6, 6.07) is 0. The molecule has 14 heavy (non-hydrogen) atoms. The summed E-state index contributed by atoms with van der Waals surface area (Å²) in [5.41, 5.74) is 0. The minimum Gasteiger partial charge on any atom is -0.393 e. The molecule has 0 radical (unpaired) electrons. The summed E-state index contributed by atoms with van der Waals surface area (Å²) in [6.07, 6.45) is 4.67. The van der Waals surface area contributed by atoms with E-state index >= 15 is 0 Å². The molecule has 2 aliphatic heterocycles. The van der Waals surface area contributed by atoms with Crippen LogP contribution in [0.25, 0.3) is 0 Å². The lowest BCUT2D eigenvalue weighted by molar-refractivity contribution is -0.321. The van der Waals surface area contributed by atoms with E-state index in [9.17, 15) is 5.11 Å². The summed E-state index contributed by atoms with van der Waals surface area (Å²) < 4.78 is 11.7. The van der Waals surface area contributed by atoms with Gasteiger partial charge in [0, 0.05) is 12.8 Å². The quantitative estimate of drug-likeness (QED) is 0.648. The third-order valence-electron chi connectivity index (χ3n) is 3.15. The third kappa shape index (κ3) is 2.10. The summed E-state index contributed by atoms with van der Waals surface area (Å²) in [4.78, 5) is 0. The van der Waals surface area contributed by atoms with E-state index in [0.29, 0.717) is 6.42 Å². The van der Waals surface area contributed by atoms with Crippen LogP contribution in [0.2, 0.25) is 0 Å². The van der Waals surface area contributed by atoms with Crippen LogP contribution < -0.4 is 0 Å². The fraction of sp³-hybridized carbons (Fsp3) is 1.00. The summed E-state index contributed by atoms with van der Waals surface area (Å²) in [6.45, 7) is 4.09. The molecule has 2 heterocycles. The highest BCUT2D eigenvalue weighted by Gasteiger charge is 2.43. The van der Waals surface area contributed by atoms with Gasteiger partial charge in [-0.2, -0.15) is 0 Å². The van der Waals surface area contributed by atoms with Gasteiger partial charge >= 0.3 is 0 Å². The van der Waals surface area contributed by atoms with Crippen LogP contribution in [0, 0.1) is 0 Å². The molecule has 3 nitrogen and oxygen atoms in total. The molecular weight excluding hydrogens is 180 g/mol. The topological polar surface area (TPSA) is 38.7 Å². The molecule has 2 saturated heterocycles. The molecule has 0 aromatic rings. The standard InChI is InChI=1S/C11H20O3/c1-8-4-3-5-11(13-8)7-10(12)6-9(2)14-11/h8-10,12H,3-7H2,1-2H3/t8-,9-,10+,11+/m0/s1. The van der Waals surface area contributed by atoms with Crippen LogP contribution >= 0.6 is 0 Å². The fourth-order valence-corrected chi connectivity index (χ4v) is 2.67. The fourth-order valence-electron chi connectivity index (χ4n) is 2.67. The molecule has 0 amide bonds. The maximum Gasteiger partial charge on any atom is 0.171 e. The van der Waals surface area contributed by atoms with Crippen molar-refractivity contribution >= 4 is 0 Å². The molecule has 2 fully saturated rings. The minimum absolute atomic E-state index is 0.115. The largest absolute Gasteiger partial charge is 0.393 e. The van der Waals surface area contributed by atoms with Crippen molar-refractivity contribution in [2.45, 2.75) is 70.1 Å². The number of hydrogen-bond acceptors (Lipinski definition) is 3. The van der Waals surface area contributed by atoms with Gasteiger partial charge in [-0.25, -0.2) is 0 Å². The Labute approximate surface area is 85.4 Å². The number of rotatable bonds is 0. The predicted octanol–water partition coefficient (Wildman–Crippen LogP) is 1.83. The smallest absolute Gasteiger partial charge is 0.171 e. The van der Waals surface area contributed by atoms with Gasteiger partial charge in [0.25, 0.3) is 0 Å². The van der Waals surface area contributed by atoms with Crippen molar-refractivity contribution in [2.75, 3.05) is 0 Å². The van der Waals surface area contributed by atoms with E-state index in [2.05, 4.69) is 6.92 Å². The van der Waals surface area contributed by atoms with Gasteiger partial charge < -0.3 is 14.6 Å². The molecule has 1 spiro atoms. The third-order valence-corrected chi connectivity index (χ3v) is 3.15. The molecule has 1 N–H and O–H groups in total. The zero-order valence-corrected chi connectivity index (χ0v) is 9.03. The van der Waals surface area contributed by atoms with E-state index in [-0.39, 0.29) is 18.3 Å². The average molecular weight is 200 g/mol. The first kappa shape index (κ1) is 10.4. The second-order valence-corrected chi connectivity index (χ2v) is 4.75. The molecule has 3 heteroatoms. The Morgan fingerprint density at radius 2 is 1.93 bits per heavy atom. The van der Waals surface area contributed by atoms with Gasteiger partial charge in [0.2, 0.25) is 0 Å². The molecule has 0 aromatic carbocycles. The van der Waals surface area contributed by atoms with Crippen LogP contribution in [0.4, 0.5) is 0 Å². The van der Waals surface area contributed by atoms with Crippen LogP contribution in [0.3, 0.4) is 0 Å². The van der Waals surface area contributed by atoms with Gasteiger partial charge in [-0.15, -0.1) is 0 Å². The van der Waals surface area contributed by atoms with Gasteiger partial charge in [-0.3, -0.25) is 0 Å². The molecule has 4 atom stereocenters. The van der Waals surface area contributed by atoms with Crippen molar-refractivity contribution < 1.29 is 14.6 Å². The zero-order chi connectivity index (χ0) is 10.2. The number of aliphatic hydroxyl groups excluding tert-OH is 1. The molecular formula is C11H20O3. The van der Waals surface area contributed by atoms with E-state index in [1.165, 1.54) is 0 Å². The Morgan fingerprint density at radius 3 is 2.57 bits per heavy atom. The SMILES string of the molecule is C[C@H]1CCC[C@@]2(C[C@H](O)C[C@H](C)O2)O1. The van der Waals surface area contributed by atoms with Crippen LogP contribution in [0.5, 0.6) is 0 Å². The van der Waals surface area contributed by atoms with Crippen molar-refractivity contribution in [3.8, 4) is 0 Å². The van der Waals surface area contributed by atoms with Crippen LogP contribution in [-0.4, -0.2) is 29.2 Å². The lowest BCUT2D eigenvalue weighted by Crippen LogP contribution is -2.50. The van der Waals surface area contributed by atoms with Crippen molar-refractivity contribution in [1.29, 1.82) is 0 Å². The zero-order valence-electron chi connectivity index (χ0n) is 9.03. The van der Waals surface area contributed by atoms with Gasteiger partial charge in [-0.05, 0) is 33.1 Å². The summed E-state index contributed by atoms with van der Waals surface area (Å²) >= 11 is 0. The molecule has 0 aromatic heterocycles. The number of aliphatic hydroxyl groups is 1. The monoisotopic (exact) mass is 200 g/mol. The molecule has 2 rings (SSSR count). The Hall–Kier alpha value is -0.120. The first-order chi connectivity index (χ1) is 6.60. The van der Waals surface area contributed by atoms with E-state index in [1.54, 1.807) is 0 Å². The van der Waals surface area contributed by atoms with Gasteiger partial charge in [-0.1, -0.05) is 0 Å². The number of ether oxygens (including phenoxy) is 2. The van der Waals surface area contributed by atoms with Gasteiger partial charge in [0.15, 0.2) is 5.79 Å². The van der Waals surface area contributed by atoms with E-state index in [4.69, 9.17) is 9.47 Å². The lowest BCUT2D eigenvalue weighted by atomic mass is 9.92. The first-order valence-corrected chi connectivity index (χ1v) is 5.63. The van der Waals surface area contributed by atoms with Gasteiger partial charge in [0.05, 0.1) is 18.3 Å². The maximum atomic E-state index is 9.72. The maximum absolute atomic E-state index is 9.72. The summed E-state index contributed by atoms with van der Waals surface area (Å²) in [5.74, 6) is -0.477. The van der Waals surface area contributed by atoms with Crippen LogP contribution in [0.1, 0.15) is 46.0 Å². The van der Waals surface area contributed by atoms with Gasteiger partial charge in [0.1, 0.15) is 0 Å². The second kappa shape index (κ2) is 3.80. The second-order valence-electron chi connectivity index (χ2n) is 4.75. The normalized spacial score (nSPS) is 49.5. The first-order valence-electron chi connectivity index (χ1n) is 5.63. The van der Waals surface area contributed by atoms with Crippen LogP contribution in [-0.2, 0) is 9.47 Å². The number of hydrogen-bond donors (Lipinski definition) is 1. The predicted molar refractivity (Wildman–Crippen MR) is 52.9 cm³/mol. The van der Waals surface area contributed by atoms with Crippen molar-refractivity contribution in [1.82, 2.24) is 0 Å². The van der Waals surface area contributed by atoms with Crippen molar-refractivity contribution in [2.24, 2.45) is 0 Å². The molecule has 0 saturated carbocycles. The average Bonchev–Trinajstić information content (AvgIpc) is 1.99. The Morgan fingerprint density at radius 1 is 1.21 bits per heavy atom. The lowest BCUT2D eigenvalue weighted by Gasteiger charge is -2.46. The van der Waals surface area contributed by atoms with Crippen LogP contribution in [0.15, 0.2) is 0 Å². The van der Waals surface area contributed by atoms with Crippen molar-refractivity contribution in [3.63, 3.8) is 0 Å². The molecule has 0 aliphatic carbocycles. The highest BCUT2D eigenvalue weighted by molar-refractivity contribution is 4.85. The summed E-state index contributed by atoms with van der Waals surface area (Å²) in [7, 11) is 0. The molecule has 82 valence electrons. The molecule has 0 bridgehead atoms. The van der Waals surface area contributed by atoms with E-state index in [1.807, 2.05) is 6.92 Å². The Bertz CT molecular complexity index is 189. The highest BCUT2D eigenvalue weighted by atomic mass is 16.7. The van der Waals surface area contributed by atoms with E-state index < -0.39 is 5.79 Å². The summed E-state index contributed by atoms with van der Waals surface area (Å²) in [5, 5.41) is 9.72. The molecule has 0 unspecified atom stereocenters.